The van der Waals surface area contributed by atoms with Crippen molar-refractivity contribution in [1.29, 1.82) is 0 Å². The van der Waals surface area contributed by atoms with Gasteiger partial charge in [-0.3, -0.25) is 0 Å². The van der Waals surface area contributed by atoms with Crippen molar-refractivity contribution in [2.45, 2.75) is 59.5 Å². The van der Waals surface area contributed by atoms with Gasteiger partial charge < -0.3 is 29.2 Å². The van der Waals surface area contributed by atoms with Crippen LogP contribution in [0.1, 0.15) is 61.1 Å². The highest BCUT2D eigenvalue weighted by atomic mass is 16.5. The van der Waals surface area contributed by atoms with Crippen LogP contribution >= 0.6 is 0 Å². The molecular weight excluding hydrogens is 396 g/mol. The molecule has 0 saturated carbocycles. The zero-order valence-electron chi connectivity index (χ0n) is 19.6. The molecule has 2 aromatic carbocycles. The van der Waals surface area contributed by atoms with Crippen molar-refractivity contribution in [2.24, 2.45) is 0 Å². The van der Waals surface area contributed by atoms with Crippen molar-refractivity contribution < 1.29 is 29.2 Å². The van der Waals surface area contributed by atoms with E-state index in [4.69, 9.17) is 18.9 Å². The molecule has 0 amide bonds. The highest BCUT2D eigenvalue weighted by Crippen LogP contribution is 2.39. The predicted molar refractivity (Wildman–Crippen MR) is 120 cm³/mol. The minimum Gasteiger partial charge on any atom is -0.507 e. The minimum atomic E-state index is -0.422. The lowest BCUT2D eigenvalue weighted by Gasteiger charge is -2.29. The molecule has 0 heterocycles. The van der Waals surface area contributed by atoms with Crippen LogP contribution in [0.4, 0.5) is 0 Å². The Labute approximate surface area is 185 Å². The molecular formula is C25H36O6. The molecule has 0 fully saturated rings. The van der Waals surface area contributed by atoms with E-state index in [2.05, 4.69) is 13.8 Å². The standard InChI is InChI=1S/C25H36O6/c1-7-30-15-19-11-21(9-17(13-28-5)23(19)26)25(3,4)22-10-18(14-29-6)24(27)20(12-22)16-31-8-2/h9-12,26-27H,7-8,13-16H2,1-6H3. The number of phenols is 2. The zero-order valence-corrected chi connectivity index (χ0v) is 19.6. The number of hydrogen-bond acceptors (Lipinski definition) is 6. The van der Waals surface area contributed by atoms with Gasteiger partial charge in [-0.25, -0.2) is 0 Å². The zero-order chi connectivity index (χ0) is 23.0. The van der Waals surface area contributed by atoms with Crippen molar-refractivity contribution in [3.8, 4) is 11.5 Å². The van der Waals surface area contributed by atoms with E-state index in [9.17, 15) is 10.2 Å². The fraction of sp³-hybridized carbons (Fsp3) is 0.520. The largest absolute Gasteiger partial charge is 0.507 e. The Morgan fingerprint density at radius 1 is 0.645 bits per heavy atom. The van der Waals surface area contributed by atoms with E-state index in [0.29, 0.717) is 50.8 Å². The molecule has 0 aromatic heterocycles. The Balaban J connectivity index is 2.61. The molecule has 6 nitrogen and oxygen atoms in total. The Morgan fingerprint density at radius 2 is 0.968 bits per heavy atom. The minimum absolute atomic E-state index is 0.206. The number of ether oxygens (including phenoxy) is 4. The first-order valence-electron chi connectivity index (χ1n) is 10.6. The van der Waals surface area contributed by atoms with E-state index in [1.54, 1.807) is 14.2 Å². The number of aromatic hydroxyl groups is 2. The quantitative estimate of drug-likeness (QED) is 0.502. The molecule has 0 unspecified atom stereocenters. The number of phenolic OH excluding ortho intramolecular Hbond substituents is 2. The van der Waals surface area contributed by atoms with Crippen molar-refractivity contribution in [3.63, 3.8) is 0 Å². The molecule has 0 radical (unpaired) electrons. The molecule has 2 aromatic rings. The van der Waals surface area contributed by atoms with Crippen LogP contribution in [0, 0.1) is 0 Å². The van der Waals surface area contributed by atoms with Crippen LogP contribution in [0.5, 0.6) is 11.5 Å². The summed E-state index contributed by atoms with van der Waals surface area (Å²) < 4.78 is 21.7. The van der Waals surface area contributed by atoms with Gasteiger partial charge in [0, 0.05) is 55.1 Å². The van der Waals surface area contributed by atoms with Gasteiger partial charge in [-0.05, 0) is 49.2 Å². The summed E-state index contributed by atoms with van der Waals surface area (Å²) in [6.45, 7) is 10.5. The van der Waals surface area contributed by atoms with Gasteiger partial charge in [-0.15, -0.1) is 0 Å². The van der Waals surface area contributed by atoms with Crippen LogP contribution in [-0.2, 0) is 50.8 Å². The van der Waals surface area contributed by atoms with E-state index in [1.165, 1.54) is 0 Å². The summed E-state index contributed by atoms with van der Waals surface area (Å²) >= 11 is 0. The molecule has 31 heavy (non-hydrogen) atoms. The molecule has 2 N–H and O–H groups in total. The maximum Gasteiger partial charge on any atom is 0.126 e. The highest BCUT2D eigenvalue weighted by molar-refractivity contribution is 5.52. The van der Waals surface area contributed by atoms with Crippen LogP contribution in [0.3, 0.4) is 0 Å². The van der Waals surface area contributed by atoms with Gasteiger partial charge in [-0.2, -0.15) is 0 Å². The molecule has 0 saturated heterocycles. The topological polar surface area (TPSA) is 77.4 Å². The van der Waals surface area contributed by atoms with Gasteiger partial charge in [0.15, 0.2) is 0 Å². The van der Waals surface area contributed by atoms with Crippen LogP contribution in [0.15, 0.2) is 24.3 Å². The van der Waals surface area contributed by atoms with Gasteiger partial charge in [0.05, 0.1) is 26.4 Å². The summed E-state index contributed by atoms with van der Waals surface area (Å²) in [5, 5.41) is 21.3. The smallest absolute Gasteiger partial charge is 0.126 e. The lowest BCUT2D eigenvalue weighted by atomic mass is 9.76. The molecule has 172 valence electrons. The van der Waals surface area contributed by atoms with Crippen molar-refractivity contribution in [2.75, 3.05) is 27.4 Å². The molecule has 0 spiro atoms. The Hall–Kier alpha value is -2.12. The summed E-state index contributed by atoms with van der Waals surface area (Å²) in [5.41, 5.74) is 4.50. The Bertz CT molecular complexity index is 790. The highest BCUT2D eigenvalue weighted by Gasteiger charge is 2.28. The average Bonchev–Trinajstić information content (AvgIpc) is 2.74. The molecule has 2 rings (SSSR count). The van der Waals surface area contributed by atoms with Crippen LogP contribution in [-0.4, -0.2) is 37.6 Å². The molecule has 0 aliphatic heterocycles. The van der Waals surface area contributed by atoms with E-state index in [1.807, 2.05) is 38.1 Å². The summed E-state index contributed by atoms with van der Waals surface area (Å²) in [4.78, 5) is 0. The summed E-state index contributed by atoms with van der Waals surface area (Å²) in [6, 6.07) is 7.91. The normalized spacial score (nSPS) is 11.8. The van der Waals surface area contributed by atoms with Gasteiger partial charge >= 0.3 is 0 Å². The molecule has 0 aliphatic carbocycles. The number of rotatable bonds is 12. The average molecular weight is 433 g/mol. The SMILES string of the molecule is CCOCc1cc(C(C)(C)c2cc(COC)c(O)c(COCC)c2)cc(COC)c1O. The van der Waals surface area contributed by atoms with Crippen LogP contribution < -0.4 is 0 Å². The van der Waals surface area contributed by atoms with E-state index < -0.39 is 5.41 Å². The molecule has 0 aliphatic rings. The third kappa shape index (κ3) is 5.98. The second kappa shape index (κ2) is 11.5. The van der Waals surface area contributed by atoms with Gasteiger partial charge in [-0.1, -0.05) is 13.8 Å². The van der Waals surface area contributed by atoms with Gasteiger partial charge in [0.2, 0.25) is 0 Å². The third-order valence-electron chi connectivity index (χ3n) is 5.50. The third-order valence-corrected chi connectivity index (χ3v) is 5.50. The fourth-order valence-corrected chi connectivity index (χ4v) is 3.58. The first-order chi connectivity index (χ1) is 14.8. The lowest BCUT2D eigenvalue weighted by molar-refractivity contribution is 0.131. The first kappa shape index (κ1) is 25.1. The molecule has 0 atom stereocenters. The monoisotopic (exact) mass is 432 g/mol. The number of methoxy groups -OCH3 is 2. The number of hydrogen-bond donors (Lipinski definition) is 2. The van der Waals surface area contributed by atoms with Crippen LogP contribution in [0.2, 0.25) is 0 Å². The Kier molecular flexibility index (Phi) is 9.32. The van der Waals surface area contributed by atoms with Crippen molar-refractivity contribution in [3.05, 3.63) is 57.6 Å². The second-order valence-corrected chi connectivity index (χ2v) is 8.05. The van der Waals surface area contributed by atoms with E-state index >= 15 is 0 Å². The van der Waals surface area contributed by atoms with Crippen LogP contribution in [0.25, 0.3) is 0 Å². The lowest BCUT2D eigenvalue weighted by Crippen LogP contribution is -2.21. The maximum absolute atomic E-state index is 10.7. The summed E-state index contributed by atoms with van der Waals surface area (Å²) in [7, 11) is 3.22. The second-order valence-electron chi connectivity index (χ2n) is 8.05. The van der Waals surface area contributed by atoms with Crippen molar-refractivity contribution in [1.82, 2.24) is 0 Å². The molecule has 6 heteroatoms. The molecule has 0 bridgehead atoms. The van der Waals surface area contributed by atoms with E-state index in [-0.39, 0.29) is 11.5 Å². The summed E-state index contributed by atoms with van der Waals surface area (Å²) in [6.07, 6.45) is 0. The van der Waals surface area contributed by atoms with Gasteiger partial charge in [0.25, 0.3) is 0 Å². The summed E-state index contributed by atoms with van der Waals surface area (Å²) in [5.74, 6) is 0.412. The maximum atomic E-state index is 10.7. The van der Waals surface area contributed by atoms with Gasteiger partial charge in [0.1, 0.15) is 11.5 Å². The predicted octanol–water partition coefficient (Wildman–Crippen LogP) is 4.79. The number of benzene rings is 2. The fourth-order valence-electron chi connectivity index (χ4n) is 3.58. The van der Waals surface area contributed by atoms with E-state index in [0.717, 1.165) is 22.3 Å². The van der Waals surface area contributed by atoms with Crippen molar-refractivity contribution >= 4 is 0 Å². The Morgan fingerprint density at radius 3 is 1.26 bits per heavy atom. The first-order valence-corrected chi connectivity index (χ1v) is 10.6.